The maximum atomic E-state index is 12.1. The monoisotopic (exact) mass is 338 g/mol. The van der Waals surface area contributed by atoms with Gasteiger partial charge in [-0.25, -0.2) is 0 Å². The van der Waals surface area contributed by atoms with Gasteiger partial charge in [-0.1, -0.05) is 22.9 Å². The standard InChI is InChI=1S/C16H23BrN2O/c1-12-7-14(9-15(17)8-12)16(20)18-10-13(2)11-19-5-3-4-6-19/h7-9,13H,3-6,10-11H2,1-2H3,(H,18,20). The van der Waals surface area contributed by atoms with E-state index >= 15 is 0 Å². The Kier molecular flexibility index (Phi) is 5.61. The van der Waals surface area contributed by atoms with Gasteiger partial charge in [0.15, 0.2) is 0 Å². The molecular formula is C16H23BrN2O. The molecule has 1 amide bonds. The van der Waals surface area contributed by atoms with Gasteiger partial charge in [-0.2, -0.15) is 0 Å². The van der Waals surface area contributed by atoms with Crippen molar-refractivity contribution in [2.24, 2.45) is 5.92 Å². The average Bonchev–Trinajstić information content (AvgIpc) is 2.87. The quantitative estimate of drug-likeness (QED) is 0.893. The summed E-state index contributed by atoms with van der Waals surface area (Å²) in [5.74, 6) is 0.507. The second-order valence-corrected chi connectivity index (χ2v) is 6.76. The SMILES string of the molecule is Cc1cc(Br)cc(C(=O)NCC(C)CN2CCCC2)c1. The highest BCUT2D eigenvalue weighted by Crippen LogP contribution is 2.15. The molecule has 0 spiro atoms. The van der Waals surface area contributed by atoms with Crippen molar-refractivity contribution < 1.29 is 4.79 Å². The van der Waals surface area contributed by atoms with Crippen molar-refractivity contribution in [1.82, 2.24) is 10.2 Å². The number of hydrogen-bond acceptors (Lipinski definition) is 2. The Bertz CT molecular complexity index is 449. The second kappa shape index (κ2) is 7.23. The lowest BCUT2D eigenvalue weighted by Crippen LogP contribution is -2.34. The third kappa shape index (κ3) is 4.60. The van der Waals surface area contributed by atoms with E-state index in [1.165, 1.54) is 25.9 Å². The summed E-state index contributed by atoms with van der Waals surface area (Å²) in [5, 5.41) is 3.04. The minimum atomic E-state index is 0.0164. The first-order valence-corrected chi connectivity index (χ1v) is 8.11. The molecule has 1 N–H and O–H groups in total. The van der Waals surface area contributed by atoms with Crippen LogP contribution in [0.15, 0.2) is 22.7 Å². The van der Waals surface area contributed by atoms with Crippen LogP contribution in [0, 0.1) is 12.8 Å². The first-order valence-electron chi connectivity index (χ1n) is 7.32. The van der Waals surface area contributed by atoms with E-state index in [4.69, 9.17) is 0 Å². The van der Waals surface area contributed by atoms with E-state index in [1.807, 2.05) is 25.1 Å². The molecule has 0 aromatic heterocycles. The highest BCUT2D eigenvalue weighted by Gasteiger charge is 2.15. The van der Waals surface area contributed by atoms with Crippen molar-refractivity contribution in [2.45, 2.75) is 26.7 Å². The van der Waals surface area contributed by atoms with Crippen LogP contribution in [-0.4, -0.2) is 37.0 Å². The largest absolute Gasteiger partial charge is 0.352 e. The third-order valence-electron chi connectivity index (χ3n) is 3.68. The predicted octanol–water partition coefficient (Wildman–Crippen LogP) is 3.22. The summed E-state index contributed by atoms with van der Waals surface area (Å²) < 4.78 is 0.952. The van der Waals surface area contributed by atoms with Gasteiger partial charge in [0.05, 0.1) is 0 Å². The number of amides is 1. The van der Waals surface area contributed by atoms with Gasteiger partial charge in [0.2, 0.25) is 0 Å². The lowest BCUT2D eigenvalue weighted by molar-refractivity contribution is 0.0945. The van der Waals surface area contributed by atoms with E-state index < -0.39 is 0 Å². The van der Waals surface area contributed by atoms with E-state index in [1.54, 1.807) is 0 Å². The van der Waals surface area contributed by atoms with Crippen LogP contribution < -0.4 is 5.32 Å². The Hall–Kier alpha value is -0.870. The summed E-state index contributed by atoms with van der Waals surface area (Å²) in [7, 11) is 0. The molecule has 1 aliphatic rings. The van der Waals surface area contributed by atoms with Gasteiger partial charge in [0, 0.05) is 23.1 Å². The molecule has 3 nitrogen and oxygen atoms in total. The molecule has 1 aliphatic heterocycles. The summed E-state index contributed by atoms with van der Waals surface area (Å²) in [6.07, 6.45) is 2.63. The number of hydrogen-bond donors (Lipinski definition) is 1. The van der Waals surface area contributed by atoms with Crippen molar-refractivity contribution in [2.75, 3.05) is 26.2 Å². The fraction of sp³-hybridized carbons (Fsp3) is 0.562. The minimum absolute atomic E-state index is 0.0164. The number of likely N-dealkylation sites (tertiary alicyclic amines) is 1. The number of carbonyl (C=O) groups is 1. The number of nitrogens with one attached hydrogen (secondary N) is 1. The van der Waals surface area contributed by atoms with Crippen LogP contribution in [0.5, 0.6) is 0 Å². The van der Waals surface area contributed by atoms with Crippen molar-refractivity contribution in [1.29, 1.82) is 0 Å². The Morgan fingerprint density at radius 1 is 1.35 bits per heavy atom. The van der Waals surface area contributed by atoms with Crippen molar-refractivity contribution >= 4 is 21.8 Å². The molecule has 0 aliphatic carbocycles. The molecule has 1 unspecified atom stereocenters. The summed E-state index contributed by atoms with van der Waals surface area (Å²) in [6.45, 7) is 8.44. The molecule has 1 aromatic carbocycles. The fourth-order valence-corrected chi connectivity index (χ4v) is 3.31. The molecule has 4 heteroatoms. The first-order chi connectivity index (χ1) is 9.54. The molecule has 1 saturated heterocycles. The van der Waals surface area contributed by atoms with Crippen LogP contribution in [-0.2, 0) is 0 Å². The van der Waals surface area contributed by atoms with Crippen molar-refractivity contribution in [3.8, 4) is 0 Å². The van der Waals surface area contributed by atoms with E-state index in [0.29, 0.717) is 5.92 Å². The van der Waals surface area contributed by atoms with Crippen LogP contribution in [0.1, 0.15) is 35.7 Å². The van der Waals surface area contributed by atoms with Gasteiger partial charge >= 0.3 is 0 Å². The van der Waals surface area contributed by atoms with E-state index in [9.17, 15) is 4.79 Å². The normalized spacial score (nSPS) is 17.1. The van der Waals surface area contributed by atoms with Crippen LogP contribution >= 0.6 is 15.9 Å². The lowest BCUT2D eigenvalue weighted by atomic mass is 10.1. The summed E-state index contributed by atoms with van der Waals surface area (Å²) in [6, 6.07) is 5.80. The smallest absolute Gasteiger partial charge is 0.251 e. The van der Waals surface area contributed by atoms with Crippen molar-refractivity contribution in [3.05, 3.63) is 33.8 Å². The predicted molar refractivity (Wildman–Crippen MR) is 86.1 cm³/mol. The van der Waals surface area contributed by atoms with Gasteiger partial charge < -0.3 is 10.2 Å². The Labute approximate surface area is 129 Å². The van der Waals surface area contributed by atoms with Crippen LogP contribution in [0.3, 0.4) is 0 Å². The Balaban J connectivity index is 1.81. The molecule has 1 aromatic rings. The second-order valence-electron chi connectivity index (χ2n) is 5.84. The lowest BCUT2D eigenvalue weighted by Gasteiger charge is -2.20. The van der Waals surface area contributed by atoms with Crippen LogP contribution in [0.2, 0.25) is 0 Å². The molecule has 2 rings (SSSR count). The zero-order chi connectivity index (χ0) is 14.5. The fourth-order valence-electron chi connectivity index (χ4n) is 2.71. The highest BCUT2D eigenvalue weighted by atomic mass is 79.9. The summed E-state index contributed by atoms with van der Waals surface area (Å²) in [5.41, 5.74) is 1.82. The Morgan fingerprint density at radius 3 is 2.70 bits per heavy atom. The number of halogens is 1. The molecule has 1 heterocycles. The molecule has 110 valence electrons. The van der Waals surface area contributed by atoms with Crippen LogP contribution in [0.25, 0.3) is 0 Å². The molecule has 20 heavy (non-hydrogen) atoms. The van der Waals surface area contributed by atoms with E-state index in [-0.39, 0.29) is 5.91 Å². The molecule has 1 atom stereocenters. The summed E-state index contributed by atoms with van der Waals surface area (Å²) in [4.78, 5) is 14.6. The number of rotatable bonds is 5. The minimum Gasteiger partial charge on any atom is -0.352 e. The number of benzene rings is 1. The van der Waals surface area contributed by atoms with Gasteiger partial charge in [0.25, 0.3) is 5.91 Å². The maximum absolute atomic E-state index is 12.1. The Morgan fingerprint density at radius 2 is 2.05 bits per heavy atom. The average molecular weight is 339 g/mol. The van der Waals surface area contributed by atoms with Gasteiger partial charge in [-0.3, -0.25) is 4.79 Å². The van der Waals surface area contributed by atoms with Crippen LogP contribution in [0.4, 0.5) is 0 Å². The van der Waals surface area contributed by atoms with Gasteiger partial charge in [0.1, 0.15) is 0 Å². The number of aryl methyl sites for hydroxylation is 1. The molecule has 1 fully saturated rings. The van der Waals surface area contributed by atoms with Gasteiger partial charge in [-0.05, 0) is 62.5 Å². The molecular weight excluding hydrogens is 316 g/mol. The molecule has 0 bridgehead atoms. The summed E-state index contributed by atoms with van der Waals surface area (Å²) >= 11 is 3.43. The third-order valence-corrected chi connectivity index (χ3v) is 4.14. The van der Waals surface area contributed by atoms with Crippen molar-refractivity contribution in [3.63, 3.8) is 0 Å². The van der Waals surface area contributed by atoms with Gasteiger partial charge in [-0.15, -0.1) is 0 Å². The number of carbonyl (C=O) groups excluding carboxylic acids is 1. The first kappa shape index (κ1) is 15.5. The number of nitrogens with zero attached hydrogens (tertiary/aromatic N) is 1. The zero-order valence-electron chi connectivity index (χ0n) is 12.3. The molecule has 0 saturated carbocycles. The zero-order valence-corrected chi connectivity index (χ0v) is 13.9. The van der Waals surface area contributed by atoms with E-state index in [2.05, 4.69) is 33.1 Å². The maximum Gasteiger partial charge on any atom is 0.251 e. The highest BCUT2D eigenvalue weighted by molar-refractivity contribution is 9.10. The molecule has 0 radical (unpaired) electrons. The van der Waals surface area contributed by atoms with E-state index in [0.717, 1.165) is 28.7 Å². The topological polar surface area (TPSA) is 32.3 Å².